The maximum atomic E-state index is 13.2. The minimum atomic E-state index is -0.562. The first kappa shape index (κ1) is 18.9. The van der Waals surface area contributed by atoms with Gasteiger partial charge in [0.1, 0.15) is 17.7 Å². The van der Waals surface area contributed by atoms with Crippen LogP contribution in [0.25, 0.3) is 10.9 Å². The van der Waals surface area contributed by atoms with Gasteiger partial charge in [-0.2, -0.15) is 0 Å². The number of ether oxygens (including phenoxy) is 2. The van der Waals surface area contributed by atoms with E-state index in [0.29, 0.717) is 19.6 Å². The van der Waals surface area contributed by atoms with Crippen LogP contribution in [0.3, 0.4) is 0 Å². The normalized spacial score (nSPS) is 12.1. The molecule has 0 saturated heterocycles. The van der Waals surface area contributed by atoms with Gasteiger partial charge >= 0.3 is 0 Å². The van der Waals surface area contributed by atoms with E-state index in [1.807, 2.05) is 30.5 Å². The molecule has 1 atom stereocenters. The molecule has 142 valence electrons. The number of nitrogens with one attached hydrogen (secondary N) is 2. The number of H-pyrrole nitrogens is 1. The lowest BCUT2D eigenvalue weighted by Gasteiger charge is -2.14. The average molecular weight is 370 g/mol. The van der Waals surface area contributed by atoms with Crippen LogP contribution in [0.1, 0.15) is 18.1 Å². The Balaban J connectivity index is 1.46. The molecule has 0 radical (unpaired) electrons. The van der Waals surface area contributed by atoms with Crippen molar-refractivity contribution in [3.63, 3.8) is 0 Å². The Bertz CT molecular complexity index is 923. The second-order valence-corrected chi connectivity index (χ2v) is 6.35. The summed E-state index contributed by atoms with van der Waals surface area (Å²) in [4.78, 5) is 15.3. The lowest BCUT2D eigenvalue weighted by Crippen LogP contribution is -2.35. The molecular formula is C21H23FN2O3. The van der Waals surface area contributed by atoms with Crippen molar-refractivity contribution in [2.45, 2.75) is 26.1 Å². The van der Waals surface area contributed by atoms with E-state index in [0.717, 1.165) is 27.8 Å². The molecule has 0 aliphatic heterocycles. The molecule has 1 unspecified atom stereocenters. The van der Waals surface area contributed by atoms with Crippen LogP contribution in [0.15, 0.2) is 48.7 Å². The standard InChI is InChI=1S/C21H23FN2O3/c1-14(27-13-15-4-3-5-18(10-15)26-2)21(25)23-9-8-16-12-24-20-11-17(22)6-7-19(16)20/h3-7,10-12,14,24H,8-9,13H2,1-2H3,(H,23,25). The zero-order chi connectivity index (χ0) is 19.2. The van der Waals surface area contributed by atoms with Gasteiger partial charge in [-0.25, -0.2) is 4.39 Å². The number of benzene rings is 2. The van der Waals surface area contributed by atoms with Crippen molar-refractivity contribution < 1.29 is 18.7 Å². The van der Waals surface area contributed by atoms with E-state index in [9.17, 15) is 9.18 Å². The molecule has 0 spiro atoms. The number of methoxy groups -OCH3 is 1. The maximum absolute atomic E-state index is 13.2. The number of amides is 1. The highest BCUT2D eigenvalue weighted by Crippen LogP contribution is 2.19. The number of carbonyl (C=O) groups excluding carboxylic acids is 1. The Morgan fingerprint density at radius 3 is 2.93 bits per heavy atom. The van der Waals surface area contributed by atoms with Gasteiger partial charge in [-0.3, -0.25) is 4.79 Å². The molecule has 3 aromatic rings. The monoisotopic (exact) mass is 370 g/mol. The third kappa shape index (κ3) is 4.86. The van der Waals surface area contributed by atoms with Crippen LogP contribution in [0.4, 0.5) is 4.39 Å². The second kappa shape index (κ2) is 8.68. The van der Waals surface area contributed by atoms with Crippen molar-refractivity contribution in [1.29, 1.82) is 0 Å². The number of aromatic nitrogens is 1. The summed E-state index contributed by atoms with van der Waals surface area (Å²) in [5, 5.41) is 3.84. The van der Waals surface area contributed by atoms with Crippen molar-refractivity contribution in [3.05, 3.63) is 65.6 Å². The molecular weight excluding hydrogens is 347 g/mol. The van der Waals surface area contributed by atoms with Crippen LogP contribution in [0.5, 0.6) is 5.75 Å². The van der Waals surface area contributed by atoms with Crippen molar-refractivity contribution >= 4 is 16.8 Å². The fourth-order valence-corrected chi connectivity index (χ4v) is 2.89. The number of carbonyl (C=O) groups is 1. The van der Waals surface area contributed by atoms with Crippen molar-refractivity contribution in [2.24, 2.45) is 0 Å². The third-order valence-electron chi connectivity index (χ3n) is 4.43. The molecule has 1 heterocycles. The molecule has 1 amide bonds. The van der Waals surface area contributed by atoms with Gasteiger partial charge in [-0.05, 0) is 54.8 Å². The second-order valence-electron chi connectivity index (χ2n) is 6.35. The van der Waals surface area contributed by atoms with Crippen LogP contribution in [-0.2, 0) is 22.6 Å². The summed E-state index contributed by atoms with van der Waals surface area (Å²) in [5.74, 6) is 0.321. The zero-order valence-corrected chi connectivity index (χ0v) is 15.4. The highest BCUT2D eigenvalue weighted by molar-refractivity contribution is 5.83. The number of hydrogen-bond donors (Lipinski definition) is 2. The van der Waals surface area contributed by atoms with Crippen LogP contribution in [0.2, 0.25) is 0 Å². The fraction of sp³-hybridized carbons (Fsp3) is 0.286. The summed E-state index contributed by atoms with van der Waals surface area (Å²) < 4.78 is 24.1. The molecule has 0 saturated carbocycles. The molecule has 0 bridgehead atoms. The molecule has 0 aliphatic rings. The first-order chi connectivity index (χ1) is 13.1. The van der Waals surface area contributed by atoms with E-state index >= 15 is 0 Å². The van der Waals surface area contributed by atoms with E-state index in [-0.39, 0.29) is 11.7 Å². The lowest BCUT2D eigenvalue weighted by molar-refractivity contribution is -0.132. The summed E-state index contributed by atoms with van der Waals surface area (Å²) >= 11 is 0. The van der Waals surface area contributed by atoms with E-state index in [1.54, 1.807) is 20.1 Å². The van der Waals surface area contributed by atoms with Gasteiger partial charge in [0.15, 0.2) is 0 Å². The fourth-order valence-electron chi connectivity index (χ4n) is 2.89. The van der Waals surface area contributed by atoms with E-state index in [2.05, 4.69) is 10.3 Å². The first-order valence-electron chi connectivity index (χ1n) is 8.84. The van der Waals surface area contributed by atoms with Crippen molar-refractivity contribution in [2.75, 3.05) is 13.7 Å². The Morgan fingerprint density at radius 1 is 1.26 bits per heavy atom. The number of aromatic amines is 1. The SMILES string of the molecule is COc1cccc(COC(C)C(=O)NCCc2c[nH]c3cc(F)ccc23)c1. The number of fused-ring (bicyclic) bond motifs is 1. The van der Waals surface area contributed by atoms with Crippen LogP contribution in [0, 0.1) is 5.82 Å². The Labute approximate surface area is 157 Å². The number of halogens is 1. The van der Waals surface area contributed by atoms with Gasteiger partial charge < -0.3 is 19.8 Å². The predicted molar refractivity (Wildman–Crippen MR) is 102 cm³/mol. The maximum Gasteiger partial charge on any atom is 0.248 e. The summed E-state index contributed by atoms with van der Waals surface area (Å²) in [6, 6.07) is 12.2. The summed E-state index contributed by atoms with van der Waals surface area (Å²) in [5.41, 5.74) is 2.74. The molecule has 0 fully saturated rings. The Hall–Kier alpha value is -2.86. The van der Waals surface area contributed by atoms with Gasteiger partial charge in [-0.1, -0.05) is 12.1 Å². The molecule has 27 heavy (non-hydrogen) atoms. The first-order valence-corrected chi connectivity index (χ1v) is 8.84. The summed E-state index contributed by atoms with van der Waals surface area (Å²) in [6.07, 6.45) is 1.94. The molecule has 5 nitrogen and oxygen atoms in total. The van der Waals surface area contributed by atoms with Crippen LogP contribution >= 0.6 is 0 Å². The smallest absolute Gasteiger partial charge is 0.248 e. The topological polar surface area (TPSA) is 63.4 Å². The summed E-state index contributed by atoms with van der Waals surface area (Å²) in [6.45, 7) is 2.54. The van der Waals surface area contributed by atoms with E-state index in [1.165, 1.54) is 12.1 Å². The molecule has 2 aromatic carbocycles. The lowest BCUT2D eigenvalue weighted by atomic mass is 10.1. The number of rotatable bonds is 8. The van der Waals surface area contributed by atoms with Crippen molar-refractivity contribution in [1.82, 2.24) is 10.3 Å². The molecule has 2 N–H and O–H groups in total. The number of hydrogen-bond acceptors (Lipinski definition) is 3. The van der Waals surface area contributed by atoms with Gasteiger partial charge in [-0.15, -0.1) is 0 Å². The zero-order valence-electron chi connectivity index (χ0n) is 15.4. The quantitative estimate of drug-likeness (QED) is 0.637. The van der Waals surface area contributed by atoms with Gasteiger partial charge in [0, 0.05) is 23.6 Å². The van der Waals surface area contributed by atoms with Gasteiger partial charge in [0.2, 0.25) is 5.91 Å². The van der Waals surface area contributed by atoms with Crippen LogP contribution in [-0.4, -0.2) is 30.6 Å². The summed E-state index contributed by atoms with van der Waals surface area (Å²) in [7, 11) is 1.61. The van der Waals surface area contributed by atoms with Crippen molar-refractivity contribution in [3.8, 4) is 5.75 Å². The largest absolute Gasteiger partial charge is 0.497 e. The minimum absolute atomic E-state index is 0.163. The molecule has 1 aromatic heterocycles. The Kier molecular flexibility index (Phi) is 6.08. The Morgan fingerprint density at radius 2 is 2.11 bits per heavy atom. The average Bonchev–Trinajstić information content (AvgIpc) is 3.08. The molecule has 6 heteroatoms. The van der Waals surface area contributed by atoms with Crippen LogP contribution < -0.4 is 10.1 Å². The minimum Gasteiger partial charge on any atom is -0.497 e. The third-order valence-corrected chi connectivity index (χ3v) is 4.43. The highest BCUT2D eigenvalue weighted by atomic mass is 19.1. The van der Waals surface area contributed by atoms with Gasteiger partial charge in [0.25, 0.3) is 0 Å². The van der Waals surface area contributed by atoms with E-state index < -0.39 is 6.10 Å². The van der Waals surface area contributed by atoms with Gasteiger partial charge in [0.05, 0.1) is 13.7 Å². The molecule has 3 rings (SSSR count). The molecule has 0 aliphatic carbocycles. The van der Waals surface area contributed by atoms with E-state index in [4.69, 9.17) is 9.47 Å². The highest BCUT2D eigenvalue weighted by Gasteiger charge is 2.13. The predicted octanol–water partition coefficient (Wildman–Crippen LogP) is 3.58.